The summed E-state index contributed by atoms with van der Waals surface area (Å²) in [5.41, 5.74) is 0. The molecule has 0 aromatic carbocycles. The van der Waals surface area contributed by atoms with E-state index in [4.69, 9.17) is 0 Å². The van der Waals surface area contributed by atoms with E-state index in [1.54, 1.807) is 0 Å². The van der Waals surface area contributed by atoms with Crippen LogP contribution >= 0.6 is 11.8 Å². The predicted octanol–water partition coefficient (Wildman–Crippen LogP) is 2.37. The Morgan fingerprint density at radius 1 is 1.00 bits per heavy atom. The van der Waals surface area contributed by atoms with E-state index in [0.717, 1.165) is 23.9 Å². The van der Waals surface area contributed by atoms with Gasteiger partial charge in [-0.3, -0.25) is 0 Å². The fraction of sp³-hybridized carbons (Fsp3) is 1.00. The highest BCUT2D eigenvalue weighted by molar-refractivity contribution is 7.99. The zero-order chi connectivity index (χ0) is 9.14. The maximum Gasteiger partial charge on any atom is 0.0184 e. The standard InChI is InChI=1S/C10H21NS/c1-7(2)9-5-12-6-10(11-9)8(3)4/h7-11H,5-6H2,1-4H3/t9-,10-/m0/s1. The minimum absolute atomic E-state index is 0.733. The van der Waals surface area contributed by atoms with Crippen LogP contribution in [0.4, 0.5) is 0 Å². The molecule has 0 saturated carbocycles. The van der Waals surface area contributed by atoms with Gasteiger partial charge in [0, 0.05) is 23.6 Å². The SMILES string of the molecule is CC(C)[C@@H]1CSC[C@@H](C(C)C)N1. The zero-order valence-electron chi connectivity index (χ0n) is 8.63. The highest BCUT2D eigenvalue weighted by atomic mass is 32.2. The van der Waals surface area contributed by atoms with Crippen LogP contribution in [0.2, 0.25) is 0 Å². The number of hydrogen-bond acceptors (Lipinski definition) is 2. The number of thioether (sulfide) groups is 1. The van der Waals surface area contributed by atoms with Gasteiger partial charge in [0.25, 0.3) is 0 Å². The Hall–Kier alpha value is 0.310. The summed E-state index contributed by atoms with van der Waals surface area (Å²) in [5.74, 6) is 4.14. The lowest BCUT2D eigenvalue weighted by molar-refractivity contribution is 0.333. The third-order valence-electron chi connectivity index (χ3n) is 2.63. The highest BCUT2D eigenvalue weighted by Crippen LogP contribution is 2.21. The highest BCUT2D eigenvalue weighted by Gasteiger charge is 2.24. The van der Waals surface area contributed by atoms with Gasteiger partial charge in [-0.25, -0.2) is 0 Å². The lowest BCUT2D eigenvalue weighted by atomic mass is 10.0. The first-order valence-corrected chi connectivity index (χ1v) is 6.10. The van der Waals surface area contributed by atoms with Crippen LogP contribution in [0.15, 0.2) is 0 Å². The fourth-order valence-corrected chi connectivity index (χ4v) is 3.07. The third-order valence-corrected chi connectivity index (χ3v) is 3.82. The maximum atomic E-state index is 3.73. The third kappa shape index (κ3) is 2.67. The van der Waals surface area contributed by atoms with Gasteiger partial charge in [0.1, 0.15) is 0 Å². The molecule has 1 saturated heterocycles. The smallest absolute Gasteiger partial charge is 0.0184 e. The molecule has 1 aliphatic heterocycles. The van der Waals surface area contributed by atoms with Crippen molar-refractivity contribution in [3.05, 3.63) is 0 Å². The van der Waals surface area contributed by atoms with Gasteiger partial charge in [-0.05, 0) is 11.8 Å². The summed E-state index contributed by atoms with van der Waals surface area (Å²) < 4.78 is 0. The Kier molecular flexibility index (Phi) is 3.91. The van der Waals surface area contributed by atoms with Gasteiger partial charge in [0.2, 0.25) is 0 Å². The van der Waals surface area contributed by atoms with Crippen molar-refractivity contribution in [3.63, 3.8) is 0 Å². The van der Waals surface area contributed by atoms with Crippen LogP contribution in [0.3, 0.4) is 0 Å². The van der Waals surface area contributed by atoms with Crippen molar-refractivity contribution in [1.82, 2.24) is 5.32 Å². The molecular formula is C10H21NS. The average Bonchev–Trinajstić information content (AvgIpc) is 2.04. The first-order chi connectivity index (χ1) is 5.61. The normalized spacial score (nSPS) is 31.5. The van der Waals surface area contributed by atoms with Crippen LogP contribution in [0, 0.1) is 11.8 Å². The van der Waals surface area contributed by atoms with Crippen molar-refractivity contribution in [2.45, 2.75) is 39.8 Å². The monoisotopic (exact) mass is 187 g/mol. The largest absolute Gasteiger partial charge is 0.309 e. The van der Waals surface area contributed by atoms with Crippen LogP contribution < -0.4 is 5.32 Å². The topological polar surface area (TPSA) is 12.0 Å². The second-order valence-corrected chi connectivity index (χ2v) is 5.48. The Labute approximate surface area is 80.7 Å². The predicted molar refractivity (Wildman–Crippen MR) is 57.7 cm³/mol. The van der Waals surface area contributed by atoms with Crippen molar-refractivity contribution in [3.8, 4) is 0 Å². The van der Waals surface area contributed by atoms with E-state index >= 15 is 0 Å². The molecule has 1 fully saturated rings. The summed E-state index contributed by atoms with van der Waals surface area (Å²) in [7, 11) is 0. The lowest BCUT2D eigenvalue weighted by Crippen LogP contribution is -2.50. The van der Waals surface area contributed by atoms with Gasteiger partial charge in [-0.15, -0.1) is 0 Å². The molecule has 0 amide bonds. The molecule has 0 aromatic rings. The number of hydrogen-bond donors (Lipinski definition) is 1. The molecule has 0 aromatic heterocycles. The molecule has 0 radical (unpaired) electrons. The number of nitrogens with one attached hydrogen (secondary N) is 1. The Morgan fingerprint density at radius 3 is 1.75 bits per heavy atom. The molecule has 1 rings (SSSR count). The summed E-state index contributed by atoms with van der Waals surface area (Å²) in [6, 6.07) is 1.47. The molecule has 0 spiro atoms. The van der Waals surface area contributed by atoms with Crippen molar-refractivity contribution >= 4 is 11.8 Å². The molecule has 12 heavy (non-hydrogen) atoms. The minimum atomic E-state index is 0.733. The van der Waals surface area contributed by atoms with Crippen molar-refractivity contribution in [2.75, 3.05) is 11.5 Å². The molecule has 72 valence electrons. The van der Waals surface area contributed by atoms with Crippen molar-refractivity contribution in [2.24, 2.45) is 11.8 Å². The van der Waals surface area contributed by atoms with Gasteiger partial charge in [-0.1, -0.05) is 27.7 Å². The summed E-state index contributed by atoms with van der Waals surface area (Å²) in [4.78, 5) is 0. The van der Waals surface area contributed by atoms with E-state index in [9.17, 15) is 0 Å². The summed E-state index contributed by atoms with van der Waals surface area (Å²) in [6.45, 7) is 9.23. The molecule has 0 bridgehead atoms. The first kappa shape index (κ1) is 10.4. The van der Waals surface area contributed by atoms with Crippen LogP contribution in [0.25, 0.3) is 0 Å². The molecule has 0 aliphatic carbocycles. The minimum Gasteiger partial charge on any atom is -0.309 e. The molecule has 0 unspecified atom stereocenters. The van der Waals surface area contributed by atoms with Crippen molar-refractivity contribution in [1.29, 1.82) is 0 Å². The molecule has 2 heteroatoms. The van der Waals surface area contributed by atoms with Crippen molar-refractivity contribution < 1.29 is 0 Å². The second kappa shape index (κ2) is 4.52. The fourth-order valence-electron chi connectivity index (χ4n) is 1.46. The van der Waals surface area contributed by atoms with E-state index in [0.29, 0.717) is 0 Å². The van der Waals surface area contributed by atoms with Gasteiger partial charge < -0.3 is 5.32 Å². The molecule has 1 nitrogen and oxygen atoms in total. The van der Waals surface area contributed by atoms with Gasteiger partial charge in [-0.2, -0.15) is 11.8 Å². The molecule has 1 heterocycles. The number of rotatable bonds is 2. The van der Waals surface area contributed by atoms with Gasteiger partial charge >= 0.3 is 0 Å². The summed E-state index contributed by atoms with van der Waals surface area (Å²) in [6.07, 6.45) is 0. The second-order valence-electron chi connectivity index (χ2n) is 4.41. The molecule has 1 N–H and O–H groups in total. The summed E-state index contributed by atoms with van der Waals surface area (Å²) in [5, 5.41) is 3.73. The van der Waals surface area contributed by atoms with Gasteiger partial charge in [0.05, 0.1) is 0 Å². The van der Waals surface area contributed by atoms with Crippen LogP contribution in [0.1, 0.15) is 27.7 Å². The summed E-state index contributed by atoms with van der Waals surface area (Å²) >= 11 is 2.11. The van der Waals surface area contributed by atoms with E-state index in [1.165, 1.54) is 11.5 Å². The van der Waals surface area contributed by atoms with Gasteiger partial charge in [0.15, 0.2) is 0 Å². The van der Waals surface area contributed by atoms with E-state index in [-0.39, 0.29) is 0 Å². The van der Waals surface area contributed by atoms with Crippen LogP contribution in [-0.2, 0) is 0 Å². The van der Waals surface area contributed by atoms with Crippen LogP contribution in [0.5, 0.6) is 0 Å². The maximum absolute atomic E-state index is 3.73. The molecular weight excluding hydrogens is 166 g/mol. The quantitative estimate of drug-likeness (QED) is 0.712. The van der Waals surface area contributed by atoms with Crippen LogP contribution in [-0.4, -0.2) is 23.6 Å². The molecule has 2 atom stereocenters. The zero-order valence-corrected chi connectivity index (χ0v) is 9.45. The Morgan fingerprint density at radius 2 is 1.42 bits per heavy atom. The first-order valence-electron chi connectivity index (χ1n) is 4.95. The average molecular weight is 187 g/mol. The Bertz CT molecular complexity index is 120. The van der Waals surface area contributed by atoms with E-state index in [1.807, 2.05) is 0 Å². The molecule has 1 aliphatic rings. The lowest BCUT2D eigenvalue weighted by Gasteiger charge is -2.35. The van der Waals surface area contributed by atoms with E-state index < -0.39 is 0 Å². The Balaban J connectivity index is 2.40. The van der Waals surface area contributed by atoms with E-state index in [2.05, 4.69) is 44.8 Å².